The summed E-state index contributed by atoms with van der Waals surface area (Å²) in [5, 5.41) is 5.04. The zero-order valence-corrected chi connectivity index (χ0v) is 19.4. The van der Waals surface area contributed by atoms with Gasteiger partial charge in [0.05, 0.1) is 10.6 Å². The Balaban J connectivity index is 1.99. The first-order valence-electron chi connectivity index (χ1n) is 9.92. The van der Waals surface area contributed by atoms with Crippen LogP contribution >= 0.6 is 0 Å². The highest BCUT2D eigenvalue weighted by molar-refractivity contribution is 7.89. The molecule has 2 rings (SSSR count). The van der Waals surface area contributed by atoms with E-state index in [1.165, 1.54) is 58.0 Å². The Morgan fingerprint density at radius 3 is 2.06 bits per heavy atom. The third kappa shape index (κ3) is 7.22. The maximum Gasteiger partial charge on any atom is 0.324 e. The number of anilines is 2. The third-order valence-electron chi connectivity index (χ3n) is 4.40. The molecule has 0 aliphatic carbocycles. The van der Waals surface area contributed by atoms with Crippen molar-refractivity contribution in [2.45, 2.75) is 44.7 Å². The van der Waals surface area contributed by atoms with Crippen LogP contribution < -0.4 is 15.4 Å². The minimum Gasteiger partial charge on any atom is -0.451 e. The lowest BCUT2D eigenvalue weighted by Crippen LogP contribution is -2.42. The van der Waals surface area contributed by atoms with Crippen LogP contribution in [-0.2, 0) is 29.1 Å². The van der Waals surface area contributed by atoms with Gasteiger partial charge in [-0.25, -0.2) is 8.42 Å². The van der Waals surface area contributed by atoms with Crippen LogP contribution in [0.4, 0.5) is 11.4 Å². The summed E-state index contributed by atoms with van der Waals surface area (Å²) < 4.78 is 32.3. The normalized spacial score (nSPS) is 12.8. The lowest BCUT2D eigenvalue weighted by molar-refractivity contribution is -0.154. The van der Waals surface area contributed by atoms with E-state index >= 15 is 0 Å². The Hall–Kier alpha value is -3.57. The van der Waals surface area contributed by atoms with E-state index in [-0.39, 0.29) is 22.3 Å². The van der Waals surface area contributed by atoms with Crippen molar-refractivity contribution >= 4 is 45.0 Å². The molecule has 10 nitrogen and oxygen atoms in total. The molecule has 0 radical (unpaired) electrons. The van der Waals surface area contributed by atoms with E-state index < -0.39 is 34.0 Å². The lowest BCUT2D eigenvalue weighted by atomic mass is 10.1. The number of carbonyl (C=O) groups excluding carboxylic acids is 4. The number of para-hydroxylation sites is 1. The van der Waals surface area contributed by atoms with Crippen LogP contribution in [0, 0.1) is 0 Å². The molecule has 2 aromatic rings. The lowest BCUT2D eigenvalue weighted by Gasteiger charge is -2.18. The first-order valence-corrected chi connectivity index (χ1v) is 11.4. The Morgan fingerprint density at radius 1 is 0.879 bits per heavy atom. The fourth-order valence-corrected chi connectivity index (χ4v) is 3.93. The predicted molar refractivity (Wildman–Crippen MR) is 121 cm³/mol. The van der Waals surface area contributed by atoms with E-state index in [1.807, 2.05) is 0 Å². The monoisotopic (exact) mass is 475 g/mol. The highest BCUT2D eigenvalue weighted by atomic mass is 32.2. The van der Waals surface area contributed by atoms with Gasteiger partial charge < -0.3 is 15.4 Å². The van der Waals surface area contributed by atoms with Gasteiger partial charge in [-0.2, -0.15) is 4.72 Å². The quantitative estimate of drug-likeness (QED) is 0.371. The molecule has 2 amide bonds. The van der Waals surface area contributed by atoms with Crippen LogP contribution in [0.5, 0.6) is 0 Å². The maximum atomic E-state index is 12.5. The van der Waals surface area contributed by atoms with Gasteiger partial charge in [0, 0.05) is 18.2 Å². The molecule has 176 valence electrons. The summed E-state index contributed by atoms with van der Waals surface area (Å²) in [6, 6.07) is 10.4. The number of esters is 1. The number of amides is 2. The van der Waals surface area contributed by atoms with Crippen molar-refractivity contribution in [3.8, 4) is 0 Å². The molecular formula is C22H25N3O7S. The number of sulfonamides is 1. The minimum atomic E-state index is -4.07. The second-order valence-electron chi connectivity index (χ2n) is 7.22. The average molecular weight is 476 g/mol. The molecule has 0 spiro atoms. The largest absolute Gasteiger partial charge is 0.451 e. The zero-order valence-electron chi connectivity index (χ0n) is 18.5. The van der Waals surface area contributed by atoms with Gasteiger partial charge in [-0.15, -0.1) is 0 Å². The number of rotatable bonds is 9. The maximum absolute atomic E-state index is 12.5. The fourth-order valence-electron chi connectivity index (χ4n) is 2.73. The van der Waals surface area contributed by atoms with Gasteiger partial charge in [0.15, 0.2) is 11.9 Å². The van der Waals surface area contributed by atoms with Gasteiger partial charge >= 0.3 is 5.97 Å². The van der Waals surface area contributed by atoms with Gasteiger partial charge in [-0.1, -0.05) is 12.1 Å². The molecule has 11 heteroatoms. The van der Waals surface area contributed by atoms with Crippen LogP contribution in [0.15, 0.2) is 53.4 Å². The number of Topliss-reactive ketones (excluding diaryl/α,β-unsaturated/α-hetero) is 1. The number of benzene rings is 2. The van der Waals surface area contributed by atoms with Crippen molar-refractivity contribution < 1.29 is 32.3 Å². The molecule has 0 saturated carbocycles. The number of hydrogen-bond donors (Lipinski definition) is 3. The smallest absolute Gasteiger partial charge is 0.324 e. The Labute approximate surface area is 191 Å². The van der Waals surface area contributed by atoms with E-state index in [4.69, 9.17) is 4.74 Å². The molecule has 1 unspecified atom stereocenters. The van der Waals surface area contributed by atoms with Crippen LogP contribution in [0.25, 0.3) is 0 Å². The van der Waals surface area contributed by atoms with Crippen LogP contribution in [0.2, 0.25) is 0 Å². The van der Waals surface area contributed by atoms with E-state index in [0.29, 0.717) is 11.3 Å². The van der Waals surface area contributed by atoms with Crippen molar-refractivity contribution in [1.29, 1.82) is 0 Å². The molecular weight excluding hydrogens is 450 g/mol. The Bertz CT molecular complexity index is 1160. The van der Waals surface area contributed by atoms with E-state index in [2.05, 4.69) is 15.4 Å². The summed E-state index contributed by atoms with van der Waals surface area (Å²) in [6.07, 6.45) is -1.25. The second-order valence-corrected chi connectivity index (χ2v) is 8.93. The molecule has 0 saturated heterocycles. The molecule has 0 bridgehead atoms. The van der Waals surface area contributed by atoms with Gasteiger partial charge in [-0.3, -0.25) is 19.2 Å². The van der Waals surface area contributed by atoms with Crippen LogP contribution in [-0.4, -0.2) is 44.1 Å². The first-order chi connectivity index (χ1) is 15.4. The highest BCUT2D eigenvalue weighted by Gasteiger charge is 2.27. The van der Waals surface area contributed by atoms with Crippen molar-refractivity contribution in [1.82, 2.24) is 4.72 Å². The van der Waals surface area contributed by atoms with Crippen LogP contribution in [0.1, 0.15) is 38.1 Å². The summed E-state index contributed by atoms with van der Waals surface area (Å²) in [6.45, 7) is 5.28. The van der Waals surface area contributed by atoms with Gasteiger partial charge in [0.2, 0.25) is 15.9 Å². The van der Waals surface area contributed by atoms with Crippen molar-refractivity contribution in [2.75, 3.05) is 10.6 Å². The molecule has 2 aromatic carbocycles. The summed E-state index contributed by atoms with van der Waals surface area (Å²) in [7, 11) is -4.07. The number of nitrogens with one attached hydrogen (secondary N) is 3. The Kier molecular flexibility index (Phi) is 8.44. The molecule has 0 aromatic heterocycles. The highest BCUT2D eigenvalue weighted by Crippen LogP contribution is 2.17. The van der Waals surface area contributed by atoms with Crippen LogP contribution in [0.3, 0.4) is 0 Å². The SMILES string of the molecule is CC(=O)Nc1ccc(S(=O)(=O)N[C@@H](C)C(=O)OC(C)C(=O)Nc2ccccc2C(C)=O)cc1. The summed E-state index contributed by atoms with van der Waals surface area (Å²) in [5.41, 5.74) is 0.990. The predicted octanol–water partition coefficient (Wildman–Crippen LogP) is 2.08. The van der Waals surface area contributed by atoms with Gasteiger partial charge in [0.1, 0.15) is 6.04 Å². The van der Waals surface area contributed by atoms with Gasteiger partial charge in [0.25, 0.3) is 5.91 Å². The second kappa shape index (κ2) is 10.8. The number of ether oxygens (including phenoxy) is 1. The molecule has 2 atom stereocenters. The summed E-state index contributed by atoms with van der Waals surface area (Å²) >= 11 is 0. The molecule has 0 aliphatic rings. The van der Waals surface area contributed by atoms with Gasteiger partial charge in [-0.05, 0) is 57.2 Å². The van der Waals surface area contributed by atoms with Crippen molar-refractivity contribution in [3.63, 3.8) is 0 Å². The number of hydrogen-bond acceptors (Lipinski definition) is 7. The minimum absolute atomic E-state index is 0.122. The van der Waals surface area contributed by atoms with Crippen molar-refractivity contribution in [2.24, 2.45) is 0 Å². The fraction of sp³-hybridized carbons (Fsp3) is 0.273. The standard InChI is InChI=1S/C22H25N3O7S/c1-13(25-33(30,31)18-11-9-17(10-12-18)23-16(4)27)22(29)32-15(3)21(28)24-20-8-6-5-7-19(20)14(2)26/h5-13,15,25H,1-4H3,(H,23,27)(H,24,28)/t13-,15?/m0/s1. The average Bonchev–Trinajstić information content (AvgIpc) is 2.73. The topological polar surface area (TPSA) is 148 Å². The third-order valence-corrected chi connectivity index (χ3v) is 5.95. The molecule has 0 fully saturated rings. The van der Waals surface area contributed by atoms with E-state index in [1.54, 1.807) is 18.2 Å². The zero-order chi connectivity index (χ0) is 24.8. The van der Waals surface area contributed by atoms with Crippen molar-refractivity contribution in [3.05, 3.63) is 54.1 Å². The first kappa shape index (κ1) is 25.7. The number of carbonyl (C=O) groups is 4. The van der Waals surface area contributed by atoms with E-state index in [9.17, 15) is 27.6 Å². The summed E-state index contributed by atoms with van der Waals surface area (Å²) in [5.74, 6) is -2.19. The molecule has 0 aliphatic heterocycles. The Morgan fingerprint density at radius 2 is 1.48 bits per heavy atom. The summed E-state index contributed by atoms with van der Waals surface area (Å²) in [4.78, 5) is 47.4. The molecule has 33 heavy (non-hydrogen) atoms. The molecule has 0 heterocycles. The molecule has 3 N–H and O–H groups in total. The number of ketones is 1. The van der Waals surface area contributed by atoms with E-state index in [0.717, 1.165) is 0 Å².